The Balaban J connectivity index is 0.00000300. The Morgan fingerprint density at radius 2 is 1.75 bits per heavy atom. The van der Waals surface area contributed by atoms with Gasteiger partial charge in [-0.15, -0.1) is 22.7 Å². The number of aromatic nitrogens is 2. The number of hydrogen-bond donors (Lipinski definition) is 5. The average Bonchev–Trinajstić information content (AvgIpc) is 3.97. The van der Waals surface area contributed by atoms with E-state index in [4.69, 9.17) is 9.15 Å². The summed E-state index contributed by atoms with van der Waals surface area (Å²) in [5.74, 6) is -1.06. The molecule has 0 amide bonds. The molecule has 1 aliphatic carbocycles. The molecule has 300 valence electrons. The van der Waals surface area contributed by atoms with Crippen molar-refractivity contribution < 1.29 is 38.7 Å². The fraction of sp³-hybridized carbons (Fsp3) is 0.375. The number of oxazole rings is 1. The van der Waals surface area contributed by atoms with Crippen molar-refractivity contribution in [3.8, 4) is 5.75 Å². The number of esters is 1. The summed E-state index contributed by atoms with van der Waals surface area (Å²) < 4.78 is 13.2. The highest BCUT2D eigenvalue weighted by Crippen LogP contribution is 2.38. The lowest BCUT2D eigenvalue weighted by atomic mass is 9.91. The van der Waals surface area contributed by atoms with Crippen LogP contribution in [0.5, 0.6) is 5.75 Å². The minimum atomic E-state index is -1.80. The molecule has 1 fully saturated rings. The normalized spacial score (nSPS) is 16.4. The van der Waals surface area contributed by atoms with Gasteiger partial charge in [-0.1, -0.05) is 24.3 Å². The molecule has 1 aliphatic rings. The van der Waals surface area contributed by atoms with Gasteiger partial charge in [0.15, 0.2) is 5.58 Å². The number of rotatable bonds is 15. The molecular weight excluding hydrogens is 767 g/mol. The number of carbonyl (C=O) groups is 1. The molecule has 1 atom stereocenters. The minimum Gasteiger partial charge on any atom is -0.506 e. The standard InChI is InChI=1S/C40H44N4O8S2.2FH/c1-43(26-8-10-27(11-9-26)51-38(48)40(50,34-5-2-21-53-34)35-6-3-22-54-35)19-4-20-44-30-14-7-25(23-33(30)52-39(44)49)17-18-41-24-32(46)28-12-15-31(45)37-29(28)13-16-36(47)42-37;;/h2-3,5-7,12-16,21-23,26-27,32,41,45-46,50H,4,8-11,17-20,24H2,1H3,(H,42,47);2*1H/t26?,27?,32-;;/m0../s1. The van der Waals surface area contributed by atoms with Crippen LogP contribution in [0.3, 0.4) is 0 Å². The topological polar surface area (TPSA) is 170 Å². The number of pyridine rings is 1. The van der Waals surface area contributed by atoms with Crippen LogP contribution in [0.2, 0.25) is 0 Å². The fourth-order valence-electron chi connectivity index (χ4n) is 7.40. The Morgan fingerprint density at radius 3 is 2.43 bits per heavy atom. The zero-order valence-corrected chi connectivity index (χ0v) is 32.4. The molecule has 56 heavy (non-hydrogen) atoms. The smallest absolute Gasteiger partial charge is 0.419 e. The van der Waals surface area contributed by atoms with Crippen LogP contribution >= 0.6 is 22.7 Å². The minimum absolute atomic E-state index is 0. The van der Waals surface area contributed by atoms with E-state index in [9.17, 15) is 29.7 Å². The Hall–Kier alpha value is -4.71. The van der Waals surface area contributed by atoms with Crippen LogP contribution in [0.15, 0.2) is 91.5 Å². The van der Waals surface area contributed by atoms with Crippen molar-refractivity contribution in [3.63, 3.8) is 0 Å². The number of aryl methyl sites for hydroxylation is 1. The van der Waals surface area contributed by atoms with E-state index in [2.05, 4.69) is 22.2 Å². The molecule has 5 N–H and O–H groups in total. The van der Waals surface area contributed by atoms with E-state index in [1.807, 2.05) is 41.1 Å². The predicted molar refractivity (Wildman–Crippen MR) is 214 cm³/mol. The molecular formula is C40H46F2N4O8S2. The molecule has 4 aromatic heterocycles. The number of halogens is 2. The van der Waals surface area contributed by atoms with Crippen LogP contribution in [0, 0.1) is 0 Å². The van der Waals surface area contributed by atoms with Crippen LogP contribution in [-0.4, -0.2) is 74.6 Å². The van der Waals surface area contributed by atoms with Gasteiger partial charge in [0.2, 0.25) is 11.2 Å². The van der Waals surface area contributed by atoms with E-state index < -0.39 is 17.7 Å². The van der Waals surface area contributed by atoms with Gasteiger partial charge < -0.3 is 39.7 Å². The predicted octanol–water partition coefficient (Wildman–Crippen LogP) is 5.55. The van der Waals surface area contributed by atoms with Crippen molar-refractivity contribution in [1.29, 1.82) is 0 Å². The van der Waals surface area contributed by atoms with E-state index in [1.54, 1.807) is 28.8 Å². The SMILES string of the molecule is CN(CCCn1c(=O)oc2cc(CCNC[C@H](O)c3ccc(O)c4[nH]c(=O)ccc34)ccc21)C1CCC(OC(=O)C(O)(c2cccs2)c2cccs2)CC1.F.F. The number of thiophene rings is 2. The lowest BCUT2D eigenvalue weighted by molar-refractivity contribution is -0.169. The molecule has 1 saturated carbocycles. The first-order chi connectivity index (χ1) is 26.1. The number of aromatic amines is 1. The maximum atomic E-state index is 13.4. The summed E-state index contributed by atoms with van der Waals surface area (Å²) in [6, 6.07) is 19.3. The lowest BCUT2D eigenvalue weighted by Crippen LogP contribution is -2.42. The summed E-state index contributed by atoms with van der Waals surface area (Å²) in [5, 5.41) is 40.0. The highest BCUT2D eigenvalue weighted by Gasteiger charge is 2.45. The first-order valence-corrected chi connectivity index (χ1v) is 20.0. The number of phenols is 1. The summed E-state index contributed by atoms with van der Waals surface area (Å²) in [7, 11) is 2.09. The van der Waals surface area contributed by atoms with Crippen molar-refractivity contribution in [2.75, 3.05) is 26.7 Å². The number of ether oxygens (including phenoxy) is 1. The number of hydrogen-bond acceptors (Lipinski definition) is 12. The van der Waals surface area contributed by atoms with Crippen molar-refractivity contribution in [2.24, 2.45) is 0 Å². The van der Waals surface area contributed by atoms with Gasteiger partial charge in [-0.2, -0.15) is 0 Å². The molecule has 0 radical (unpaired) electrons. The van der Waals surface area contributed by atoms with Crippen LogP contribution in [-0.2, 0) is 28.1 Å². The second-order valence-electron chi connectivity index (χ2n) is 13.9. The Bertz CT molecular complexity index is 2280. The highest BCUT2D eigenvalue weighted by molar-refractivity contribution is 7.12. The van der Waals surface area contributed by atoms with Crippen molar-refractivity contribution >= 4 is 50.6 Å². The second kappa shape index (κ2) is 18.5. The van der Waals surface area contributed by atoms with Crippen LogP contribution in [0.25, 0.3) is 22.0 Å². The van der Waals surface area contributed by atoms with E-state index in [1.165, 1.54) is 34.8 Å². The molecule has 7 rings (SSSR count). The van der Waals surface area contributed by atoms with E-state index in [-0.39, 0.29) is 39.1 Å². The summed E-state index contributed by atoms with van der Waals surface area (Å²) >= 11 is 2.67. The number of carbonyl (C=O) groups excluding carboxylic acids is 1. The van der Waals surface area contributed by atoms with Crippen LogP contribution in [0.1, 0.15) is 59.1 Å². The molecule has 4 heterocycles. The molecule has 0 bridgehead atoms. The Labute approximate surface area is 328 Å². The van der Waals surface area contributed by atoms with Crippen molar-refractivity contribution in [3.05, 3.63) is 119 Å². The number of phenolic OH excluding ortho intramolecular Hbond substituents is 1. The number of nitrogens with one attached hydrogen (secondary N) is 2. The fourth-order valence-corrected chi connectivity index (χ4v) is 9.12. The average molecular weight is 813 g/mol. The summed E-state index contributed by atoms with van der Waals surface area (Å²) in [4.78, 5) is 43.9. The third kappa shape index (κ3) is 8.96. The van der Waals surface area contributed by atoms with Gasteiger partial charge >= 0.3 is 11.7 Å². The van der Waals surface area contributed by atoms with Crippen molar-refractivity contribution in [2.45, 2.75) is 68.9 Å². The number of nitrogens with zero attached hydrogens (tertiary/aromatic N) is 2. The third-order valence-corrected chi connectivity index (χ3v) is 12.4. The maximum Gasteiger partial charge on any atom is 0.419 e. The van der Waals surface area contributed by atoms with Gasteiger partial charge in [-0.05, 0) is 117 Å². The Kier molecular flexibility index (Phi) is 14.0. The molecule has 16 heteroatoms. The van der Waals surface area contributed by atoms with E-state index >= 15 is 0 Å². The second-order valence-corrected chi connectivity index (χ2v) is 15.8. The number of fused-ring (bicyclic) bond motifs is 2. The number of benzene rings is 2. The monoisotopic (exact) mass is 812 g/mol. The summed E-state index contributed by atoms with van der Waals surface area (Å²) in [6.07, 6.45) is 3.47. The number of aromatic hydroxyl groups is 1. The molecule has 2 aromatic carbocycles. The van der Waals surface area contributed by atoms with Gasteiger partial charge in [0, 0.05) is 30.6 Å². The van der Waals surface area contributed by atoms with Crippen molar-refractivity contribution in [1.82, 2.24) is 19.8 Å². The molecule has 0 aliphatic heterocycles. The van der Waals surface area contributed by atoms with E-state index in [0.29, 0.717) is 70.2 Å². The third-order valence-electron chi connectivity index (χ3n) is 10.4. The van der Waals surface area contributed by atoms with Gasteiger partial charge in [-0.3, -0.25) is 18.8 Å². The maximum absolute atomic E-state index is 13.4. The Morgan fingerprint density at radius 1 is 1.04 bits per heavy atom. The highest BCUT2D eigenvalue weighted by atomic mass is 32.1. The number of aliphatic hydroxyl groups is 2. The lowest BCUT2D eigenvalue weighted by Gasteiger charge is -2.35. The summed E-state index contributed by atoms with van der Waals surface area (Å²) in [6.45, 7) is 2.15. The van der Waals surface area contributed by atoms with Gasteiger partial charge in [0.05, 0.1) is 26.9 Å². The first kappa shape index (κ1) is 42.4. The van der Waals surface area contributed by atoms with E-state index in [0.717, 1.165) is 36.9 Å². The molecule has 0 saturated heterocycles. The first-order valence-electron chi connectivity index (χ1n) is 18.2. The molecule has 12 nitrogen and oxygen atoms in total. The van der Waals surface area contributed by atoms with Crippen LogP contribution in [0.4, 0.5) is 9.41 Å². The zero-order chi connectivity index (χ0) is 37.8. The number of H-pyrrole nitrogens is 1. The van der Waals surface area contributed by atoms with Crippen LogP contribution < -0.4 is 16.6 Å². The number of aliphatic hydroxyl groups excluding tert-OH is 1. The summed E-state index contributed by atoms with van der Waals surface area (Å²) in [5.41, 5.74) is 1.04. The molecule has 0 spiro atoms. The van der Waals surface area contributed by atoms with Gasteiger partial charge in [-0.25, -0.2) is 9.59 Å². The van der Waals surface area contributed by atoms with Gasteiger partial charge in [0.1, 0.15) is 11.9 Å². The molecule has 0 unspecified atom stereocenters. The largest absolute Gasteiger partial charge is 0.506 e. The zero-order valence-electron chi connectivity index (χ0n) is 30.7. The molecule has 6 aromatic rings. The quantitative estimate of drug-likeness (QED) is 0.0655. The van der Waals surface area contributed by atoms with Gasteiger partial charge in [0.25, 0.3) is 0 Å².